The van der Waals surface area contributed by atoms with Crippen LogP contribution in [0.15, 0.2) is 36.4 Å². The number of hydrogen-bond donors (Lipinski definition) is 0. The molecule has 1 aromatic rings. The van der Waals surface area contributed by atoms with E-state index in [4.69, 9.17) is 4.74 Å². The summed E-state index contributed by atoms with van der Waals surface area (Å²) in [5, 5.41) is 0. The summed E-state index contributed by atoms with van der Waals surface area (Å²) < 4.78 is 5.00. The largest absolute Gasteiger partial charge is 0.458 e. The molecule has 0 atom stereocenters. The topological polar surface area (TPSA) is 26.3 Å². The molecular weight excluding hydrogens is 176 g/mol. The molecule has 2 heteroatoms. The predicted octanol–water partition coefficient (Wildman–Crippen LogP) is 2.73. The van der Waals surface area contributed by atoms with E-state index in [0.29, 0.717) is 12.2 Å². The van der Waals surface area contributed by atoms with Gasteiger partial charge in [-0.05, 0) is 26.0 Å². The molecule has 14 heavy (non-hydrogen) atoms. The summed E-state index contributed by atoms with van der Waals surface area (Å²) in [5.74, 6) is -0.271. The first kappa shape index (κ1) is 10.5. The third kappa shape index (κ3) is 3.05. The van der Waals surface area contributed by atoms with Crippen molar-refractivity contribution in [2.75, 3.05) is 6.61 Å². The normalized spacial score (nSPS) is 10.4. The van der Waals surface area contributed by atoms with Crippen LogP contribution in [0.1, 0.15) is 22.8 Å². The Morgan fingerprint density at radius 3 is 2.93 bits per heavy atom. The molecule has 0 aliphatic carbocycles. The minimum Gasteiger partial charge on any atom is -0.458 e. The van der Waals surface area contributed by atoms with Gasteiger partial charge in [0.2, 0.25) is 0 Å². The van der Waals surface area contributed by atoms with E-state index in [2.05, 4.69) is 0 Å². The van der Waals surface area contributed by atoms with Gasteiger partial charge in [-0.15, -0.1) is 0 Å². The van der Waals surface area contributed by atoms with Crippen molar-refractivity contribution in [2.45, 2.75) is 13.8 Å². The second kappa shape index (κ2) is 5.22. The number of rotatable bonds is 3. The van der Waals surface area contributed by atoms with Gasteiger partial charge in [0.1, 0.15) is 6.61 Å². The number of benzene rings is 1. The van der Waals surface area contributed by atoms with Crippen molar-refractivity contribution in [3.63, 3.8) is 0 Å². The van der Waals surface area contributed by atoms with Crippen LogP contribution in [0.3, 0.4) is 0 Å². The van der Waals surface area contributed by atoms with Gasteiger partial charge in [0.25, 0.3) is 0 Å². The quantitative estimate of drug-likeness (QED) is 0.541. The number of carbonyl (C=O) groups is 1. The summed E-state index contributed by atoms with van der Waals surface area (Å²) in [6, 6.07) is 7.37. The Kier molecular flexibility index (Phi) is 3.92. The highest BCUT2D eigenvalue weighted by atomic mass is 16.5. The van der Waals surface area contributed by atoms with Crippen LogP contribution in [0.2, 0.25) is 0 Å². The van der Waals surface area contributed by atoms with Gasteiger partial charge < -0.3 is 4.74 Å². The molecule has 0 unspecified atom stereocenters. The van der Waals surface area contributed by atoms with Gasteiger partial charge >= 0.3 is 5.97 Å². The summed E-state index contributed by atoms with van der Waals surface area (Å²) in [5.41, 5.74) is 1.67. The second-order valence-electron chi connectivity index (χ2n) is 3.04. The fraction of sp³-hybridized carbons (Fsp3) is 0.250. The molecule has 0 amide bonds. The van der Waals surface area contributed by atoms with E-state index >= 15 is 0 Å². The SMILES string of the molecule is C/C=C/COC(=O)c1cccc(C)c1. The lowest BCUT2D eigenvalue weighted by molar-refractivity contribution is 0.0549. The Balaban J connectivity index is 2.60. The fourth-order valence-corrected chi connectivity index (χ4v) is 1.08. The molecular formula is C12H14O2. The molecule has 0 N–H and O–H groups in total. The van der Waals surface area contributed by atoms with Crippen molar-refractivity contribution in [3.8, 4) is 0 Å². The summed E-state index contributed by atoms with van der Waals surface area (Å²) in [7, 11) is 0. The monoisotopic (exact) mass is 190 g/mol. The van der Waals surface area contributed by atoms with E-state index in [9.17, 15) is 4.79 Å². The predicted molar refractivity (Wildman–Crippen MR) is 56.3 cm³/mol. The zero-order chi connectivity index (χ0) is 10.4. The van der Waals surface area contributed by atoms with Crippen LogP contribution in [0.4, 0.5) is 0 Å². The Labute approximate surface area is 84.2 Å². The van der Waals surface area contributed by atoms with Gasteiger partial charge in [-0.25, -0.2) is 4.79 Å². The zero-order valence-corrected chi connectivity index (χ0v) is 8.49. The van der Waals surface area contributed by atoms with Crippen molar-refractivity contribution in [2.24, 2.45) is 0 Å². The molecule has 0 saturated heterocycles. The lowest BCUT2D eigenvalue weighted by Crippen LogP contribution is -2.04. The van der Waals surface area contributed by atoms with E-state index < -0.39 is 0 Å². The Morgan fingerprint density at radius 2 is 2.29 bits per heavy atom. The lowest BCUT2D eigenvalue weighted by Gasteiger charge is -2.02. The van der Waals surface area contributed by atoms with E-state index in [-0.39, 0.29) is 5.97 Å². The van der Waals surface area contributed by atoms with Gasteiger partial charge in [0.05, 0.1) is 5.56 Å². The molecule has 0 fully saturated rings. The molecule has 0 aromatic heterocycles. The Morgan fingerprint density at radius 1 is 1.50 bits per heavy atom. The highest BCUT2D eigenvalue weighted by Gasteiger charge is 2.04. The van der Waals surface area contributed by atoms with Crippen LogP contribution in [0, 0.1) is 6.92 Å². The number of ether oxygens (including phenoxy) is 1. The summed E-state index contributed by atoms with van der Waals surface area (Å²) >= 11 is 0. The van der Waals surface area contributed by atoms with Crippen LogP contribution in [-0.2, 0) is 4.74 Å². The van der Waals surface area contributed by atoms with E-state index in [1.165, 1.54) is 0 Å². The van der Waals surface area contributed by atoms with Crippen LogP contribution in [0.25, 0.3) is 0 Å². The van der Waals surface area contributed by atoms with E-state index in [1.807, 2.05) is 38.1 Å². The maximum Gasteiger partial charge on any atom is 0.338 e. The zero-order valence-electron chi connectivity index (χ0n) is 8.49. The van der Waals surface area contributed by atoms with Crippen LogP contribution in [-0.4, -0.2) is 12.6 Å². The van der Waals surface area contributed by atoms with Crippen molar-refractivity contribution in [1.29, 1.82) is 0 Å². The van der Waals surface area contributed by atoms with E-state index in [0.717, 1.165) is 5.56 Å². The molecule has 0 radical (unpaired) electrons. The first-order valence-electron chi connectivity index (χ1n) is 4.59. The average molecular weight is 190 g/mol. The third-order valence-corrected chi connectivity index (χ3v) is 1.80. The fourth-order valence-electron chi connectivity index (χ4n) is 1.08. The van der Waals surface area contributed by atoms with Gasteiger partial charge in [0.15, 0.2) is 0 Å². The number of carbonyl (C=O) groups excluding carboxylic acids is 1. The smallest absolute Gasteiger partial charge is 0.338 e. The minimum absolute atomic E-state index is 0.271. The molecule has 0 saturated carbocycles. The van der Waals surface area contributed by atoms with Crippen molar-refractivity contribution >= 4 is 5.97 Å². The van der Waals surface area contributed by atoms with E-state index in [1.54, 1.807) is 12.1 Å². The van der Waals surface area contributed by atoms with Gasteiger partial charge in [-0.2, -0.15) is 0 Å². The summed E-state index contributed by atoms with van der Waals surface area (Å²) in [4.78, 5) is 11.4. The first-order chi connectivity index (χ1) is 6.74. The molecule has 2 nitrogen and oxygen atoms in total. The molecule has 0 bridgehead atoms. The lowest BCUT2D eigenvalue weighted by atomic mass is 10.1. The Bertz CT molecular complexity index is 340. The molecule has 1 rings (SSSR count). The van der Waals surface area contributed by atoms with Crippen LogP contribution in [0.5, 0.6) is 0 Å². The van der Waals surface area contributed by atoms with Gasteiger partial charge in [0, 0.05) is 0 Å². The van der Waals surface area contributed by atoms with Gasteiger partial charge in [-0.3, -0.25) is 0 Å². The highest BCUT2D eigenvalue weighted by molar-refractivity contribution is 5.89. The molecule has 0 heterocycles. The van der Waals surface area contributed by atoms with Crippen LogP contribution < -0.4 is 0 Å². The summed E-state index contributed by atoms with van der Waals surface area (Å²) in [6.45, 7) is 4.17. The molecule has 0 aliphatic rings. The number of hydrogen-bond acceptors (Lipinski definition) is 2. The van der Waals surface area contributed by atoms with Crippen molar-refractivity contribution in [3.05, 3.63) is 47.5 Å². The maximum absolute atomic E-state index is 11.4. The molecule has 1 aromatic carbocycles. The van der Waals surface area contributed by atoms with Crippen LogP contribution >= 0.6 is 0 Å². The average Bonchev–Trinajstić information content (AvgIpc) is 2.18. The third-order valence-electron chi connectivity index (χ3n) is 1.80. The molecule has 0 spiro atoms. The molecule has 0 aliphatic heterocycles. The maximum atomic E-state index is 11.4. The number of esters is 1. The first-order valence-corrected chi connectivity index (χ1v) is 4.59. The van der Waals surface area contributed by atoms with Gasteiger partial charge in [-0.1, -0.05) is 29.8 Å². The van der Waals surface area contributed by atoms with Crippen molar-refractivity contribution in [1.82, 2.24) is 0 Å². The Hall–Kier alpha value is -1.57. The molecule has 74 valence electrons. The van der Waals surface area contributed by atoms with Crippen molar-refractivity contribution < 1.29 is 9.53 Å². The number of aryl methyl sites for hydroxylation is 1. The second-order valence-corrected chi connectivity index (χ2v) is 3.04. The minimum atomic E-state index is -0.271. The summed E-state index contributed by atoms with van der Waals surface area (Å²) in [6.07, 6.45) is 3.65. The number of allylic oxidation sites excluding steroid dienone is 1. The standard InChI is InChI=1S/C12H14O2/c1-3-4-8-14-12(13)11-7-5-6-10(2)9-11/h3-7,9H,8H2,1-2H3/b4-3+. The highest BCUT2D eigenvalue weighted by Crippen LogP contribution is 2.05.